The molecule has 0 saturated carbocycles. The molecule has 0 unspecified atom stereocenters. The zero-order valence-corrected chi connectivity index (χ0v) is 9.34. The van der Waals surface area contributed by atoms with Crippen LogP contribution in [0.4, 0.5) is 0 Å². The third kappa shape index (κ3) is 1.84. The van der Waals surface area contributed by atoms with Crippen LogP contribution >= 0.6 is 0 Å². The second kappa shape index (κ2) is 4.09. The molecule has 0 fully saturated rings. The lowest BCUT2D eigenvalue weighted by atomic mass is 9.99. The molecule has 0 spiro atoms. The smallest absolute Gasteiger partial charge is 0.141 e. The van der Waals surface area contributed by atoms with Gasteiger partial charge < -0.3 is 9.84 Å². The molecule has 1 aromatic carbocycles. The highest BCUT2D eigenvalue weighted by atomic mass is 16.5. The van der Waals surface area contributed by atoms with Gasteiger partial charge in [0.2, 0.25) is 0 Å². The van der Waals surface area contributed by atoms with Gasteiger partial charge in [0.25, 0.3) is 0 Å². The Bertz CT molecular complexity index is 525. The highest BCUT2D eigenvalue weighted by Crippen LogP contribution is 2.38. The van der Waals surface area contributed by atoms with Crippen molar-refractivity contribution in [3.05, 3.63) is 53.9 Å². The fourth-order valence-corrected chi connectivity index (χ4v) is 2.18. The average molecular weight is 227 g/mol. The number of hydrogen-bond donors (Lipinski definition) is 1. The average Bonchev–Trinajstić information content (AvgIpc) is 2.40. The normalized spacial score (nSPS) is 18.2. The van der Waals surface area contributed by atoms with Gasteiger partial charge in [-0.15, -0.1) is 0 Å². The Kier molecular flexibility index (Phi) is 2.44. The molecule has 1 aromatic heterocycles. The Hall–Kier alpha value is -2.03. The van der Waals surface area contributed by atoms with E-state index in [1.165, 1.54) is 0 Å². The van der Waals surface area contributed by atoms with Gasteiger partial charge in [-0.25, -0.2) is 0 Å². The standard InChI is InChI=1S/C14H13NO2/c16-12-5-3-6-13-10(12)7-8-14(17-13)11-4-1-2-9-15-11/h1-6,9,14,16H,7-8H2/t14-/m1/s1. The number of hydrogen-bond acceptors (Lipinski definition) is 3. The van der Waals surface area contributed by atoms with E-state index in [1.807, 2.05) is 24.3 Å². The summed E-state index contributed by atoms with van der Waals surface area (Å²) in [6.45, 7) is 0. The molecular weight excluding hydrogens is 214 g/mol. The zero-order valence-electron chi connectivity index (χ0n) is 9.34. The lowest BCUT2D eigenvalue weighted by molar-refractivity contribution is 0.170. The van der Waals surface area contributed by atoms with E-state index in [9.17, 15) is 5.11 Å². The Labute approximate surface area is 99.7 Å². The van der Waals surface area contributed by atoms with Crippen molar-refractivity contribution in [2.75, 3.05) is 0 Å². The van der Waals surface area contributed by atoms with Crippen molar-refractivity contribution < 1.29 is 9.84 Å². The van der Waals surface area contributed by atoms with Crippen LogP contribution in [0.2, 0.25) is 0 Å². The Morgan fingerprint density at radius 1 is 1.18 bits per heavy atom. The maximum Gasteiger partial charge on any atom is 0.141 e. The predicted octanol–water partition coefficient (Wildman–Crippen LogP) is 2.85. The van der Waals surface area contributed by atoms with Gasteiger partial charge in [-0.3, -0.25) is 4.98 Å². The van der Waals surface area contributed by atoms with E-state index in [-0.39, 0.29) is 6.10 Å². The number of phenolic OH excluding ortho intramolecular Hbond substituents is 1. The lowest BCUT2D eigenvalue weighted by Crippen LogP contribution is -2.16. The van der Waals surface area contributed by atoms with Crippen LogP contribution in [-0.4, -0.2) is 10.1 Å². The number of benzene rings is 1. The van der Waals surface area contributed by atoms with Crippen molar-refractivity contribution in [3.63, 3.8) is 0 Å². The van der Waals surface area contributed by atoms with Crippen LogP contribution in [0.1, 0.15) is 23.8 Å². The summed E-state index contributed by atoms with van der Waals surface area (Å²) in [7, 11) is 0. The number of rotatable bonds is 1. The van der Waals surface area contributed by atoms with Gasteiger partial charge in [0.05, 0.1) is 5.69 Å². The molecule has 1 aliphatic rings. The topological polar surface area (TPSA) is 42.4 Å². The highest BCUT2D eigenvalue weighted by molar-refractivity contribution is 5.45. The van der Waals surface area contributed by atoms with Gasteiger partial charge in [-0.1, -0.05) is 12.1 Å². The monoisotopic (exact) mass is 227 g/mol. The molecule has 3 heteroatoms. The fourth-order valence-electron chi connectivity index (χ4n) is 2.18. The summed E-state index contributed by atoms with van der Waals surface area (Å²) in [6, 6.07) is 11.2. The number of aromatic hydroxyl groups is 1. The van der Waals surface area contributed by atoms with Crippen LogP contribution in [0, 0.1) is 0 Å². The molecular formula is C14H13NO2. The van der Waals surface area contributed by atoms with E-state index >= 15 is 0 Å². The first kappa shape index (κ1) is 10.1. The minimum atomic E-state index is -0.00880. The van der Waals surface area contributed by atoms with E-state index in [1.54, 1.807) is 18.3 Å². The summed E-state index contributed by atoms with van der Waals surface area (Å²) in [5, 5.41) is 9.72. The third-order valence-corrected chi connectivity index (χ3v) is 3.05. The molecule has 0 aliphatic carbocycles. The summed E-state index contributed by atoms with van der Waals surface area (Å²) in [5.41, 5.74) is 1.85. The molecule has 2 heterocycles. The molecule has 3 nitrogen and oxygen atoms in total. The van der Waals surface area contributed by atoms with Crippen molar-refractivity contribution >= 4 is 0 Å². The van der Waals surface area contributed by atoms with Gasteiger partial charge in [0.1, 0.15) is 17.6 Å². The minimum absolute atomic E-state index is 0.00880. The number of ether oxygens (including phenoxy) is 1. The number of pyridine rings is 1. The van der Waals surface area contributed by atoms with Crippen LogP contribution in [0.3, 0.4) is 0 Å². The first-order chi connectivity index (χ1) is 8.34. The van der Waals surface area contributed by atoms with E-state index in [0.29, 0.717) is 5.75 Å². The van der Waals surface area contributed by atoms with Crippen molar-refractivity contribution in [2.24, 2.45) is 0 Å². The fraction of sp³-hybridized carbons (Fsp3) is 0.214. The largest absolute Gasteiger partial charge is 0.508 e. The number of aromatic nitrogens is 1. The second-order valence-electron chi connectivity index (χ2n) is 4.15. The summed E-state index contributed by atoms with van der Waals surface area (Å²) in [4.78, 5) is 4.31. The van der Waals surface area contributed by atoms with Gasteiger partial charge in [0, 0.05) is 11.8 Å². The third-order valence-electron chi connectivity index (χ3n) is 3.05. The van der Waals surface area contributed by atoms with Crippen LogP contribution in [0.25, 0.3) is 0 Å². The van der Waals surface area contributed by atoms with E-state index in [4.69, 9.17) is 4.74 Å². The quantitative estimate of drug-likeness (QED) is 0.814. The molecule has 2 aromatic rings. The van der Waals surface area contributed by atoms with Crippen LogP contribution in [0.5, 0.6) is 11.5 Å². The predicted molar refractivity (Wildman–Crippen MR) is 64.0 cm³/mol. The maximum atomic E-state index is 9.72. The van der Waals surface area contributed by atoms with Crippen molar-refractivity contribution in [1.82, 2.24) is 4.98 Å². The summed E-state index contributed by atoms with van der Waals surface area (Å²) < 4.78 is 5.88. The Morgan fingerprint density at radius 3 is 2.94 bits per heavy atom. The van der Waals surface area contributed by atoms with Crippen LogP contribution in [0.15, 0.2) is 42.6 Å². The van der Waals surface area contributed by atoms with Crippen LogP contribution < -0.4 is 4.74 Å². The number of phenols is 1. The zero-order chi connectivity index (χ0) is 11.7. The molecule has 0 bridgehead atoms. The Morgan fingerprint density at radius 2 is 2.12 bits per heavy atom. The number of nitrogens with zero attached hydrogens (tertiary/aromatic N) is 1. The molecule has 1 N–H and O–H groups in total. The van der Waals surface area contributed by atoms with Crippen molar-refractivity contribution in [1.29, 1.82) is 0 Å². The molecule has 17 heavy (non-hydrogen) atoms. The van der Waals surface area contributed by atoms with Crippen LogP contribution in [-0.2, 0) is 6.42 Å². The molecule has 1 aliphatic heterocycles. The molecule has 0 saturated heterocycles. The summed E-state index contributed by atoms with van der Waals surface area (Å²) in [6.07, 6.45) is 3.44. The molecule has 3 rings (SSSR count). The maximum absolute atomic E-state index is 9.72. The minimum Gasteiger partial charge on any atom is -0.508 e. The second-order valence-corrected chi connectivity index (χ2v) is 4.15. The molecule has 0 radical (unpaired) electrons. The van der Waals surface area contributed by atoms with Crippen molar-refractivity contribution in [3.8, 4) is 11.5 Å². The first-order valence-electron chi connectivity index (χ1n) is 5.73. The van der Waals surface area contributed by atoms with Gasteiger partial charge in [0.15, 0.2) is 0 Å². The lowest BCUT2D eigenvalue weighted by Gasteiger charge is -2.26. The van der Waals surface area contributed by atoms with E-state index < -0.39 is 0 Å². The summed E-state index contributed by atoms with van der Waals surface area (Å²) >= 11 is 0. The molecule has 1 atom stereocenters. The Balaban J connectivity index is 1.91. The highest BCUT2D eigenvalue weighted by Gasteiger charge is 2.23. The van der Waals surface area contributed by atoms with Gasteiger partial charge in [-0.2, -0.15) is 0 Å². The molecule has 86 valence electrons. The SMILES string of the molecule is Oc1cccc2c1CC[C@H](c1ccccn1)O2. The molecule has 0 amide bonds. The van der Waals surface area contributed by atoms with Gasteiger partial charge in [-0.05, 0) is 37.1 Å². The van der Waals surface area contributed by atoms with Gasteiger partial charge >= 0.3 is 0 Å². The van der Waals surface area contributed by atoms with E-state index in [0.717, 1.165) is 29.8 Å². The number of fused-ring (bicyclic) bond motifs is 1. The summed E-state index contributed by atoms with van der Waals surface area (Å²) in [5.74, 6) is 1.09. The first-order valence-corrected chi connectivity index (χ1v) is 5.73. The van der Waals surface area contributed by atoms with E-state index in [2.05, 4.69) is 4.98 Å². The van der Waals surface area contributed by atoms with Crippen molar-refractivity contribution in [2.45, 2.75) is 18.9 Å².